The first kappa shape index (κ1) is 12.1. The van der Waals surface area contributed by atoms with Gasteiger partial charge in [0.15, 0.2) is 6.23 Å². The van der Waals surface area contributed by atoms with Gasteiger partial charge >= 0.3 is 0 Å². The minimum absolute atomic E-state index is 0.0695. The SMILES string of the molecule is CO[C@H]1COC(C)(C)N1C(=O)c1ccccc1. The van der Waals surface area contributed by atoms with Crippen LogP contribution < -0.4 is 0 Å². The minimum atomic E-state index is -0.631. The molecule has 2 rings (SSSR count). The van der Waals surface area contributed by atoms with E-state index in [2.05, 4.69) is 0 Å². The van der Waals surface area contributed by atoms with E-state index in [1.165, 1.54) is 0 Å². The molecule has 1 amide bonds. The monoisotopic (exact) mass is 235 g/mol. The Labute approximate surface area is 101 Å². The summed E-state index contributed by atoms with van der Waals surface area (Å²) in [5, 5.41) is 0. The molecule has 1 fully saturated rings. The molecule has 0 spiro atoms. The number of hydrogen-bond acceptors (Lipinski definition) is 3. The van der Waals surface area contributed by atoms with E-state index in [0.29, 0.717) is 12.2 Å². The Bertz CT molecular complexity index is 402. The zero-order chi connectivity index (χ0) is 12.5. The maximum atomic E-state index is 12.4. The molecule has 1 heterocycles. The number of benzene rings is 1. The maximum absolute atomic E-state index is 12.4. The molecule has 1 saturated heterocycles. The molecule has 4 nitrogen and oxygen atoms in total. The van der Waals surface area contributed by atoms with Crippen LogP contribution in [0, 0.1) is 0 Å². The van der Waals surface area contributed by atoms with Crippen molar-refractivity contribution >= 4 is 5.91 Å². The largest absolute Gasteiger partial charge is 0.359 e. The summed E-state index contributed by atoms with van der Waals surface area (Å²) in [6, 6.07) is 9.17. The van der Waals surface area contributed by atoms with Crippen LogP contribution in [0.25, 0.3) is 0 Å². The van der Waals surface area contributed by atoms with Crippen LogP contribution in [0.1, 0.15) is 24.2 Å². The summed E-state index contributed by atoms with van der Waals surface area (Å²) < 4.78 is 10.9. The van der Waals surface area contributed by atoms with Gasteiger partial charge < -0.3 is 9.47 Å². The molecule has 1 aromatic carbocycles. The molecule has 0 aliphatic carbocycles. The highest BCUT2D eigenvalue weighted by Crippen LogP contribution is 2.29. The smallest absolute Gasteiger partial charge is 0.258 e. The van der Waals surface area contributed by atoms with Crippen LogP contribution in [0.15, 0.2) is 30.3 Å². The van der Waals surface area contributed by atoms with E-state index in [1.54, 1.807) is 24.1 Å². The van der Waals surface area contributed by atoms with E-state index < -0.39 is 5.72 Å². The van der Waals surface area contributed by atoms with E-state index in [1.807, 2.05) is 32.0 Å². The van der Waals surface area contributed by atoms with Crippen molar-refractivity contribution in [3.8, 4) is 0 Å². The highest BCUT2D eigenvalue weighted by Gasteiger charge is 2.44. The minimum Gasteiger partial charge on any atom is -0.359 e. The standard InChI is InChI=1S/C13H17NO3/c1-13(2)14(11(16-3)9-17-13)12(15)10-7-5-4-6-8-10/h4-8,11H,9H2,1-3H3/t11-/m0/s1. The number of nitrogens with zero attached hydrogens (tertiary/aromatic N) is 1. The van der Waals surface area contributed by atoms with Crippen molar-refractivity contribution < 1.29 is 14.3 Å². The van der Waals surface area contributed by atoms with Gasteiger partial charge in [0.05, 0.1) is 6.61 Å². The van der Waals surface area contributed by atoms with E-state index in [4.69, 9.17) is 9.47 Å². The fourth-order valence-electron chi connectivity index (χ4n) is 2.03. The summed E-state index contributed by atoms with van der Waals surface area (Å²) in [7, 11) is 1.58. The van der Waals surface area contributed by atoms with E-state index in [-0.39, 0.29) is 12.1 Å². The van der Waals surface area contributed by atoms with Gasteiger partial charge in [0.25, 0.3) is 5.91 Å². The van der Waals surface area contributed by atoms with Crippen LogP contribution in [-0.4, -0.2) is 36.5 Å². The first-order valence-electron chi connectivity index (χ1n) is 5.62. The lowest BCUT2D eigenvalue weighted by atomic mass is 10.1. The molecule has 1 aromatic rings. The van der Waals surface area contributed by atoms with Crippen LogP contribution >= 0.6 is 0 Å². The second-order valence-corrected chi connectivity index (χ2v) is 4.49. The summed E-state index contributed by atoms with van der Waals surface area (Å²) in [5.41, 5.74) is 0.0151. The van der Waals surface area contributed by atoms with E-state index in [9.17, 15) is 4.79 Å². The lowest BCUT2D eigenvalue weighted by molar-refractivity contribution is -0.0569. The number of methoxy groups -OCH3 is 1. The van der Waals surface area contributed by atoms with Crippen molar-refractivity contribution in [3.63, 3.8) is 0 Å². The highest BCUT2D eigenvalue weighted by molar-refractivity contribution is 5.94. The molecule has 0 saturated carbocycles. The zero-order valence-electron chi connectivity index (χ0n) is 10.3. The molecule has 0 N–H and O–H groups in total. The molecule has 4 heteroatoms. The van der Waals surface area contributed by atoms with Gasteiger partial charge in [-0.1, -0.05) is 18.2 Å². The van der Waals surface area contributed by atoms with Crippen LogP contribution in [0.5, 0.6) is 0 Å². The maximum Gasteiger partial charge on any atom is 0.258 e. The fraction of sp³-hybridized carbons (Fsp3) is 0.462. The van der Waals surface area contributed by atoms with Gasteiger partial charge in [-0.25, -0.2) is 0 Å². The molecule has 1 aliphatic heterocycles. The van der Waals surface area contributed by atoms with E-state index >= 15 is 0 Å². The van der Waals surface area contributed by atoms with Gasteiger partial charge in [-0.05, 0) is 26.0 Å². The Morgan fingerprint density at radius 3 is 2.65 bits per heavy atom. The van der Waals surface area contributed by atoms with Crippen molar-refractivity contribution in [2.75, 3.05) is 13.7 Å². The third-order valence-corrected chi connectivity index (χ3v) is 2.96. The summed E-state index contributed by atoms with van der Waals surface area (Å²) in [4.78, 5) is 14.0. The van der Waals surface area contributed by atoms with Crippen molar-refractivity contribution in [2.24, 2.45) is 0 Å². The molecule has 0 unspecified atom stereocenters. The summed E-state index contributed by atoms with van der Waals surface area (Å²) in [6.45, 7) is 4.14. The van der Waals surface area contributed by atoms with Crippen LogP contribution in [0.4, 0.5) is 0 Å². The third kappa shape index (κ3) is 2.18. The Morgan fingerprint density at radius 2 is 2.06 bits per heavy atom. The molecule has 17 heavy (non-hydrogen) atoms. The predicted molar refractivity (Wildman–Crippen MR) is 63.4 cm³/mol. The number of rotatable bonds is 2. The van der Waals surface area contributed by atoms with Crippen molar-refractivity contribution in [3.05, 3.63) is 35.9 Å². The molecular formula is C13H17NO3. The van der Waals surface area contributed by atoms with E-state index in [0.717, 1.165) is 0 Å². The second-order valence-electron chi connectivity index (χ2n) is 4.49. The molecular weight excluding hydrogens is 218 g/mol. The van der Waals surface area contributed by atoms with Crippen molar-refractivity contribution in [1.29, 1.82) is 0 Å². The lowest BCUT2D eigenvalue weighted by Gasteiger charge is -2.32. The van der Waals surface area contributed by atoms with Crippen LogP contribution in [-0.2, 0) is 9.47 Å². The zero-order valence-corrected chi connectivity index (χ0v) is 10.3. The van der Waals surface area contributed by atoms with Gasteiger partial charge in [0.2, 0.25) is 0 Å². The van der Waals surface area contributed by atoms with Crippen molar-refractivity contribution in [1.82, 2.24) is 4.90 Å². The number of ether oxygens (including phenoxy) is 2. The normalized spacial score (nSPS) is 22.8. The summed E-state index contributed by atoms with van der Waals surface area (Å²) >= 11 is 0. The average Bonchev–Trinajstić information content (AvgIpc) is 2.64. The summed E-state index contributed by atoms with van der Waals surface area (Å²) in [5.74, 6) is -0.0695. The molecule has 92 valence electrons. The second kappa shape index (κ2) is 4.47. The third-order valence-electron chi connectivity index (χ3n) is 2.96. The molecule has 1 atom stereocenters. The Balaban J connectivity index is 2.29. The first-order valence-corrected chi connectivity index (χ1v) is 5.62. The number of amides is 1. The van der Waals surface area contributed by atoms with Gasteiger partial charge in [0.1, 0.15) is 5.72 Å². The Morgan fingerprint density at radius 1 is 1.41 bits per heavy atom. The van der Waals surface area contributed by atoms with Gasteiger partial charge in [-0.2, -0.15) is 0 Å². The quantitative estimate of drug-likeness (QED) is 0.785. The number of carbonyl (C=O) groups excluding carboxylic acids is 1. The molecule has 1 aliphatic rings. The molecule has 0 aromatic heterocycles. The van der Waals surface area contributed by atoms with Crippen LogP contribution in [0.3, 0.4) is 0 Å². The summed E-state index contributed by atoms with van der Waals surface area (Å²) in [6.07, 6.45) is -0.322. The topological polar surface area (TPSA) is 38.8 Å². The van der Waals surface area contributed by atoms with Crippen molar-refractivity contribution in [2.45, 2.75) is 25.8 Å². The number of carbonyl (C=O) groups is 1. The highest BCUT2D eigenvalue weighted by atomic mass is 16.6. The number of hydrogen-bond donors (Lipinski definition) is 0. The fourth-order valence-corrected chi connectivity index (χ4v) is 2.03. The first-order chi connectivity index (χ1) is 8.06. The molecule has 0 bridgehead atoms. The van der Waals surface area contributed by atoms with Crippen LogP contribution in [0.2, 0.25) is 0 Å². The lowest BCUT2D eigenvalue weighted by Crippen LogP contribution is -2.48. The molecule has 0 radical (unpaired) electrons. The Hall–Kier alpha value is -1.39. The van der Waals surface area contributed by atoms with Gasteiger partial charge in [0, 0.05) is 12.7 Å². The van der Waals surface area contributed by atoms with Gasteiger partial charge in [-0.3, -0.25) is 9.69 Å². The Kier molecular flexibility index (Phi) is 3.17. The van der Waals surface area contributed by atoms with Gasteiger partial charge in [-0.15, -0.1) is 0 Å². The predicted octanol–water partition coefficient (Wildman–Crippen LogP) is 1.87. The average molecular weight is 235 g/mol.